The van der Waals surface area contributed by atoms with Crippen molar-refractivity contribution in [3.05, 3.63) is 12.7 Å². The van der Waals surface area contributed by atoms with E-state index in [1.54, 1.807) is 0 Å². The molecule has 0 radical (unpaired) electrons. The van der Waals surface area contributed by atoms with Crippen LogP contribution in [0.3, 0.4) is 0 Å². The van der Waals surface area contributed by atoms with Gasteiger partial charge in [-0.1, -0.05) is 22.0 Å². The van der Waals surface area contributed by atoms with Gasteiger partial charge in [0, 0.05) is 0 Å². The van der Waals surface area contributed by atoms with E-state index in [0.717, 1.165) is 7.85 Å². The molecule has 1 rings (SSSR count). The quantitative estimate of drug-likeness (QED) is 0.242. The van der Waals surface area contributed by atoms with Crippen LogP contribution in [0.4, 0.5) is 4.79 Å². The topological polar surface area (TPSA) is 60.9 Å². The van der Waals surface area contributed by atoms with Crippen molar-refractivity contribution in [2.75, 3.05) is 6.61 Å². The summed E-state index contributed by atoms with van der Waals surface area (Å²) in [7, 11) is 0. The third-order valence-electron chi connectivity index (χ3n) is 1.08. The third-order valence-corrected chi connectivity index (χ3v) is 3.79. The predicted octanol–water partition coefficient (Wildman–Crippen LogP) is 1.76. The fraction of sp³-hybridized carbons (Fsp3) is 0.333. The molecular weight excluding hydrogens is 388 g/mol. The molecule has 1 saturated heterocycles. The second-order valence-corrected chi connectivity index (χ2v) is 4.36. The number of carbonyl (C=O) groups excluding carboxylic acids is 2. The number of aliphatic hydroxyl groups excluding tert-OH is 1. The van der Waals surface area contributed by atoms with Crippen LogP contribution in [-0.2, 0) is 4.79 Å². The maximum Gasteiger partial charge on any atom is 0.348 e. The summed E-state index contributed by atoms with van der Waals surface area (Å²) >= 11 is 8.66. The highest BCUT2D eigenvalue weighted by Gasteiger charge is 2.41. The van der Waals surface area contributed by atoms with Crippen molar-refractivity contribution in [3.8, 4) is 0 Å². The Kier molecular flexibility index (Phi) is 6.58. The monoisotopic (exact) mass is 392 g/mol. The van der Waals surface area contributed by atoms with Crippen LogP contribution in [0.2, 0.25) is 0 Å². The van der Waals surface area contributed by atoms with Crippen LogP contribution in [0.25, 0.3) is 0 Å². The van der Waals surface area contributed by atoms with Gasteiger partial charge in [-0.2, -0.15) is 3.93 Å². The van der Waals surface area contributed by atoms with Gasteiger partial charge in [0.25, 0.3) is 5.91 Å². The number of urea groups is 1. The fourth-order valence-electron chi connectivity index (χ4n) is 0.466. The van der Waals surface area contributed by atoms with Crippen molar-refractivity contribution < 1.29 is 14.7 Å². The molecule has 80 valence electrons. The van der Waals surface area contributed by atoms with Crippen LogP contribution in [0.15, 0.2) is 12.7 Å². The Morgan fingerprint density at radius 1 is 1.50 bits per heavy atom. The molecule has 0 aromatic heterocycles. The molecule has 3 amide bonds. The van der Waals surface area contributed by atoms with E-state index in [1.165, 1.54) is 6.08 Å². The van der Waals surface area contributed by atoms with Gasteiger partial charge in [-0.15, -0.1) is 6.58 Å². The molecule has 1 aliphatic rings. The van der Waals surface area contributed by atoms with Gasteiger partial charge < -0.3 is 5.11 Å². The first-order valence-corrected chi connectivity index (χ1v) is 5.65. The average molecular weight is 395 g/mol. The number of carbonyl (C=O) groups is 2. The van der Waals surface area contributed by atoms with Gasteiger partial charge in [0.2, 0.25) is 0 Å². The summed E-state index contributed by atoms with van der Waals surface area (Å²) < 4.78 is 1.95. The summed E-state index contributed by atoms with van der Waals surface area (Å²) in [6.45, 7) is 3.31. The minimum Gasteiger partial charge on any atom is -0.392 e. The molecule has 1 aliphatic heterocycles. The highest BCUT2D eigenvalue weighted by Crippen LogP contribution is 2.27. The zero-order valence-corrected chi connectivity index (χ0v) is 11.6. The number of aliphatic hydroxyl groups is 1. The van der Waals surface area contributed by atoms with E-state index in [0.29, 0.717) is 0 Å². The van der Waals surface area contributed by atoms with Gasteiger partial charge in [-0.05, 0) is 0 Å². The Bertz CT molecular complexity index is 228. The van der Waals surface area contributed by atoms with Crippen LogP contribution < -0.4 is 0 Å². The van der Waals surface area contributed by atoms with Crippen molar-refractivity contribution in [1.82, 2.24) is 7.85 Å². The van der Waals surface area contributed by atoms with Gasteiger partial charge >= 0.3 is 6.03 Å². The van der Waals surface area contributed by atoms with E-state index in [4.69, 9.17) is 5.11 Å². The van der Waals surface area contributed by atoms with Crippen molar-refractivity contribution in [2.24, 2.45) is 0 Å². The van der Waals surface area contributed by atoms with Gasteiger partial charge in [-0.25, -0.2) is 8.72 Å². The largest absolute Gasteiger partial charge is 0.392 e. The van der Waals surface area contributed by atoms with E-state index in [9.17, 15) is 9.59 Å². The molecule has 1 fully saturated rings. The van der Waals surface area contributed by atoms with E-state index in [2.05, 4.69) is 54.8 Å². The second-order valence-electron chi connectivity index (χ2n) is 2.02. The van der Waals surface area contributed by atoms with Crippen molar-refractivity contribution in [2.45, 2.75) is 4.95 Å². The number of nitrogens with zero attached hydrogens (tertiary/aromatic N) is 2. The molecule has 0 aliphatic carbocycles. The van der Waals surface area contributed by atoms with Crippen molar-refractivity contribution in [3.63, 3.8) is 0 Å². The van der Waals surface area contributed by atoms with Crippen LogP contribution in [0.1, 0.15) is 0 Å². The lowest BCUT2D eigenvalue weighted by molar-refractivity contribution is -0.122. The highest BCUT2D eigenvalue weighted by molar-refractivity contribution is 9.11. The molecule has 1 heterocycles. The van der Waals surface area contributed by atoms with E-state index in [-0.39, 0.29) is 12.5 Å². The lowest BCUT2D eigenvalue weighted by Gasteiger charge is -2.03. The van der Waals surface area contributed by atoms with Gasteiger partial charge in [0.1, 0.15) is 0 Å². The first-order valence-electron chi connectivity index (χ1n) is 3.31. The maximum absolute atomic E-state index is 10.9. The molecule has 14 heavy (non-hydrogen) atoms. The zero-order chi connectivity index (χ0) is 11.3. The molecular formula is C6H7Br3N2O3. The number of rotatable bonds is 1. The number of amides is 3. The first-order chi connectivity index (χ1) is 6.47. The fourth-order valence-corrected chi connectivity index (χ4v) is 2.03. The van der Waals surface area contributed by atoms with Crippen LogP contribution in [-0.4, -0.2) is 36.5 Å². The minimum atomic E-state index is -0.612. The maximum atomic E-state index is 10.9. The molecule has 0 bridgehead atoms. The van der Waals surface area contributed by atoms with Gasteiger partial charge in [-0.3, -0.25) is 4.79 Å². The van der Waals surface area contributed by atoms with Gasteiger partial charge in [0.05, 0.1) is 38.9 Å². The molecule has 5 nitrogen and oxygen atoms in total. The van der Waals surface area contributed by atoms with E-state index < -0.39 is 11.0 Å². The number of imide groups is 1. The average Bonchev–Trinajstić information content (AvgIpc) is 2.37. The summed E-state index contributed by atoms with van der Waals surface area (Å²) in [5.74, 6) is -0.345. The van der Waals surface area contributed by atoms with E-state index in [1.807, 2.05) is 0 Å². The number of hydrogen-bond donors (Lipinski definition) is 1. The smallest absolute Gasteiger partial charge is 0.348 e. The second kappa shape index (κ2) is 6.54. The summed E-state index contributed by atoms with van der Waals surface area (Å²) in [6, 6.07) is -0.438. The van der Waals surface area contributed by atoms with Crippen LogP contribution in [0, 0.1) is 0 Å². The zero-order valence-electron chi connectivity index (χ0n) is 6.86. The first kappa shape index (κ1) is 14.1. The molecule has 1 unspecified atom stereocenters. The van der Waals surface area contributed by atoms with Crippen LogP contribution in [0.5, 0.6) is 0 Å². The minimum absolute atomic E-state index is 0.0833. The normalized spacial score (nSPS) is 20.7. The lowest BCUT2D eigenvalue weighted by atomic mass is 10.7. The molecule has 0 spiro atoms. The predicted molar refractivity (Wildman–Crippen MR) is 61.9 cm³/mol. The molecule has 8 heteroatoms. The Labute approximate surface area is 107 Å². The number of halogens is 3. The molecule has 0 aromatic rings. The summed E-state index contributed by atoms with van der Waals surface area (Å²) in [4.78, 5) is 21.1. The highest BCUT2D eigenvalue weighted by atomic mass is 79.9. The SMILES string of the molecule is C=CCO.O=C1C(Br)N(Br)C(=O)N1Br. The van der Waals surface area contributed by atoms with Crippen molar-refractivity contribution >= 4 is 60.2 Å². The van der Waals surface area contributed by atoms with Crippen LogP contribution >= 0.6 is 48.2 Å². The number of alkyl halides is 1. The third kappa shape index (κ3) is 3.34. The Morgan fingerprint density at radius 2 is 1.93 bits per heavy atom. The summed E-state index contributed by atoms with van der Waals surface area (Å²) in [5.41, 5.74) is 0. The standard InChI is InChI=1S/C3HBr3N2O2.C3H6O/c4-1-2(9)8(6)3(10)7(1)5;1-2-3-4/h1H;2,4H,1,3H2. The van der Waals surface area contributed by atoms with Gasteiger partial charge in [0.15, 0.2) is 4.95 Å². The Balaban J connectivity index is 0.000000364. The molecule has 1 N–H and O–H groups in total. The lowest BCUT2D eigenvalue weighted by Crippen LogP contribution is -2.19. The summed E-state index contributed by atoms with van der Waals surface area (Å²) in [5, 5.41) is 7.76. The van der Waals surface area contributed by atoms with E-state index >= 15 is 0 Å². The molecule has 0 aromatic carbocycles. The number of hydrogen-bond acceptors (Lipinski definition) is 3. The Hall–Kier alpha value is 0.0800. The molecule has 1 atom stereocenters. The molecule has 0 saturated carbocycles. The van der Waals surface area contributed by atoms with Crippen molar-refractivity contribution in [1.29, 1.82) is 0 Å². The summed E-state index contributed by atoms with van der Waals surface area (Å²) in [6.07, 6.45) is 1.43. The Morgan fingerprint density at radius 3 is 2.00 bits per heavy atom.